The van der Waals surface area contributed by atoms with E-state index in [-0.39, 0.29) is 4.31 Å². The molecule has 0 radical (unpaired) electrons. The molecule has 1 rings (SSSR count). The smallest absolute Gasteiger partial charge is 0.425 e. The Kier molecular flexibility index (Phi) is 3.56. The number of hydrogen-bond donors (Lipinski definition) is 0. The Morgan fingerprint density at radius 2 is 1.83 bits per heavy atom. The molecule has 1 amide bonds. The minimum atomic E-state index is -4.87. The van der Waals surface area contributed by atoms with Gasteiger partial charge < -0.3 is 4.74 Å². The van der Waals surface area contributed by atoms with Gasteiger partial charge in [0.15, 0.2) is 6.10 Å². The second-order valence-corrected chi connectivity index (χ2v) is 6.08. The molecule has 0 bridgehead atoms. The van der Waals surface area contributed by atoms with Gasteiger partial charge in [0, 0.05) is 0 Å². The molecule has 1 aliphatic heterocycles. The van der Waals surface area contributed by atoms with E-state index in [2.05, 4.69) is 8.92 Å². The maximum Gasteiger partial charge on any atom is 0.425 e. The average molecular weight is 291 g/mol. The number of ether oxygens (including phenoxy) is 1. The van der Waals surface area contributed by atoms with Crippen molar-refractivity contribution in [1.29, 1.82) is 0 Å². The van der Waals surface area contributed by atoms with Crippen LogP contribution in [0.5, 0.6) is 0 Å². The number of amides is 1. The van der Waals surface area contributed by atoms with Crippen LogP contribution in [0.2, 0.25) is 0 Å². The van der Waals surface area contributed by atoms with E-state index in [4.69, 9.17) is 0 Å². The molecule has 10 heteroatoms. The highest BCUT2D eigenvalue weighted by Gasteiger charge is 2.54. The van der Waals surface area contributed by atoms with E-state index in [1.165, 1.54) is 20.8 Å². The molecule has 0 unspecified atom stereocenters. The van der Waals surface area contributed by atoms with E-state index in [0.29, 0.717) is 0 Å². The normalized spacial score (nSPS) is 24.1. The fourth-order valence-corrected chi connectivity index (χ4v) is 2.21. The molecule has 0 aromatic carbocycles. The van der Waals surface area contributed by atoms with Crippen LogP contribution in [0.25, 0.3) is 0 Å². The van der Waals surface area contributed by atoms with Crippen LogP contribution in [0, 0.1) is 0 Å². The van der Waals surface area contributed by atoms with Crippen molar-refractivity contribution in [2.75, 3.05) is 6.54 Å². The summed E-state index contributed by atoms with van der Waals surface area (Å²) >= 11 is 0. The van der Waals surface area contributed by atoms with Crippen molar-refractivity contribution in [3.63, 3.8) is 0 Å². The minimum Gasteiger partial charge on any atom is -0.443 e. The molecule has 1 saturated heterocycles. The minimum absolute atomic E-state index is 0.0730. The molecule has 0 aromatic heterocycles. The summed E-state index contributed by atoms with van der Waals surface area (Å²) in [4.78, 5) is 11.4. The highest BCUT2D eigenvalue weighted by atomic mass is 32.2. The van der Waals surface area contributed by atoms with E-state index in [1.807, 2.05) is 0 Å². The van der Waals surface area contributed by atoms with Crippen LogP contribution in [-0.2, 0) is 19.2 Å². The molecule has 106 valence electrons. The Labute approximate surface area is 102 Å². The third-order valence-electron chi connectivity index (χ3n) is 1.80. The highest BCUT2D eigenvalue weighted by Crippen LogP contribution is 2.31. The van der Waals surface area contributed by atoms with Gasteiger partial charge in [0.1, 0.15) is 5.60 Å². The van der Waals surface area contributed by atoms with Gasteiger partial charge in [-0.15, -0.1) is 0 Å². The summed E-state index contributed by atoms with van der Waals surface area (Å²) in [7, 11) is -4.75. The molecular formula is C8H12F3NO5S. The monoisotopic (exact) mass is 291 g/mol. The van der Waals surface area contributed by atoms with Crippen LogP contribution in [0.4, 0.5) is 18.0 Å². The Morgan fingerprint density at radius 1 is 1.33 bits per heavy atom. The number of carbonyl (C=O) groups excluding carboxylic acids is 1. The Balaban J connectivity index is 2.88. The summed E-state index contributed by atoms with van der Waals surface area (Å²) < 4.78 is 67.9. The van der Waals surface area contributed by atoms with Crippen molar-refractivity contribution < 1.29 is 35.3 Å². The summed E-state index contributed by atoms with van der Waals surface area (Å²) in [5.41, 5.74) is -1.02. The van der Waals surface area contributed by atoms with Crippen molar-refractivity contribution in [1.82, 2.24) is 4.31 Å². The lowest BCUT2D eigenvalue weighted by molar-refractivity contribution is -0.187. The first-order valence-electron chi connectivity index (χ1n) is 4.83. The lowest BCUT2D eigenvalue weighted by atomic mass is 10.2. The Bertz CT molecular complexity index is 439. The summed E-state index contributed by atoms with van der Waals surface area (Å²) in [5, 5.41) is 0. The molecule has 1 aliphatic rings. The van der Waals surface area contributed by atoms with Crippen molar-refractivity contribution >= 4 is 16.4 Å². The fraction of sp³-hybridized carbons (Fsp3) is 0.875. The number of alkyl halides is 3. The number of nitrogens with zero attached hydrogens (tertiary/aromatic N) is 1. The Hall–Kier alpha value is -1.03. The molecule has 0 aromatic rings. The van der Waals surface area contributed by atoms with Crippen LogP contribution in [-0.4, -0.2) is 43.2 Å². The van der Waals surface area contributed by atoms with Gasteiger partial charge in [-0.05, 0) is 20.8 Å². The number of carbonyl (C=O) groups is 1. The molecule has 0 N–H and O–H groups in total. The van der Waals surface area contributed by atoms with Crippen molar-refractivity contribution in [3.8, 4) is 0 Å². The molecule has 18 heavy (non-hydrogen) atoms. The van der Waals surface area contributed by atoms with Crippen LogP contribution in [0.3, 0.4) is 0 Å². The standard InChI is InChI=1S/C8H12F3NO5S/c1-7(2,3)16-6(13)12-4-5(8(9,10)11)17-18(12,14)15/h5H,4H2,1-3H3/t5-/m1/s1. The third kappa shape index (κ3) is 3.48. The molecule has 6 nitrogen and oxygen atoms in total. The van der Waals surface area contributed by atoms with Gasteiger partial charge in [-0.3, -0.25) is 0 Å². The van der Waals surface area contributed by atoms with Crippen molar-refractivity contribution in [3.05, 3.63) is 0 Å². The first-order chi connectivity index (χ1) is 7.83. The summed E-state index contributed by atoms with van der Waals surface area (Å²) in [6, 6.07) is 0. The van der Waals surface area contributed by atoms with Crippen molar-refractivity contribution in [2.45, 2.75) is 38.7 Å². The molecule has 0 aliphatic carbocycles. The van der Waals surface area contributed by atoms with Gasteiger partial charge >= 0.3 is 22.6 Å². The Morgan fingerprint density at radius 3 is 2.17 bits per heavy atom. The molecular weight excluding hydrogens is 279 g/mol. The van der Waals surface area contributed by atoms with Gasteiger partial charge in [0.2, 0.25) is 0 Å². The summed E-state index contributed by atoms with van der Waals surface area (Å²) in [6.45, 7) is 3.22. The maximum atomic E-state index is 12.3. The predicted octanol–water partition coefficient (Wildman–Crippen LogP) is 1.43. The second-order valence-electron chi connectivity index (χ2n) is 4.60. The zero-order valence-corrected chi connectivity index (χ0v) is 10.6. The van der Waals surface area contributed by atoms with Gasteiger partial charge in [-0.25, -0.2) is 8.98 Å². The lowest BCUT2D eigenvalue weighted by Crippen LogP contribution is -2.39. The van der Waals surface area contributed by atoms with E-state index >= 15 is 0 Å². The van der Waals surface area contributed by atoms with Gasteiger partial charge in [-0.2, -0.15) is 25.9 Å². The maximum absolute atomic E-state index is 12.3. The SMILES string of the molecule is CC(C)(C)OC(=O)N1C[C@H](C(F)(F)F)OS1(=O)=O. The summed E-state index contributed by atoms with van der Waals surface area (Å²) in [6.07, 6.45) is -8.83. The molecule has 1 atom stereocenters. The van der Waals surface area contributed by atoms with Gasteiger partial charge in [0.05, 0.1) is 6.54 Å². The second kappa shape index (κ2) is 4.26. The number of rotatable bonds is 0. The number of halogens is 3. The van der Waals surface area contributed by atoms with E-state index < -0.39 is 40.8 Å². The van der Waals surface area contributed by atoms with Crippen LogP contribution in [0.15, 0.2) is 0 Å². The van der Waals surface area contributed by atoms with Gasteiger partial charge in [0.25, 0.3) is 0 Å². The fourth-order valence-electron chi connectivity index (χ4n) is 1.11. The van der Waals surface area contributed by atoms with Crippen molar-refractivity contribution in [2.24, 2.45) is 0 Å². The van der Waals surface area contributed by atoms with Crippen LogP contribution < -0.4 is 0 Å². The molecule has 1 heterocycles. The molecule has 0 saturated carbocycles. The predicted molar refractivity (Wildman–Crippen MR) is 52.8 cm³/mol. The molecule has 0 spiro atoms. The van der Waals surface area contributed by atoms with E-state index in [1.54, 1.807) is 0 Å². The average Bonchev–Trinajstić information content (AvgIpc) is 2.36. The zero-order chi connectivity index (χ0) is 14.4. The largest absolute Gasteiger partial charge is 0.443 e. The lowest BCUT2D eigenvalue weighted by Gasteiger charge is -2.22. The first-order valence-corrected chi connectivity index (χ1v) is 6.20. The topological polar surface area (TPSA) is 72.9 Å². The highest BCUT2D eigenvalue weighted by molar-refractivity contribution is 7.85. The zero-order valence-electron chi connectivity index (χ0n) is 9.82. The molecule has 1 fully saturated rings. The summed E-state index contributed by atoms with van der Waals surface area (Å²) in [5.74, 6) is 0. The number of hydrogen-bond acceptors (Lipinski definition) is 5. The third-order valence-corrected chi connectivity index (χ3v) is 3.12. The van der Waals surface area contributed by atoms with E-state index in [9.17, 15) is 26.4 Å². The van der Waals surface area contributed by atoms with E-state index in [0.717, 1.165) is 0 Å². The first kappa shape index (κ1) is 15.0. The van der Waals surface area contributed by atoms with Crippen LogP contribution in [0.1, 0.15) is 20.8 Å². The van der Waals surface area contributed by atoms with Gasteiger partial charge in [-0.1, -0.05) is 0 Å². The van der Waals surface area contributed by atoms with Crippen LogP contribution >= 0.6 is 0 Å². The quantitative estimate of drug-likeness (QED) is 0.675.